The molecule has 15 heavy (non-hydrogen) atoms. The van der Waals surface area contributed by atoms with Crippen LogP contribution in [0.15, 0.2) is 6.20 Å². The average Bonchev–Trinajstić information content (AvgIpc) is 2.49. The third kappa shape index (κ3) is 3.37. The second-order valence-electron chi connectivity index (χ2n) is 4.97. The summed E-state index contributed by atoms with van der Waals surface area (Å²) in [4.78, 5) is 0. The topological polar surface area (TPSA) is 17.8 Å². The molecule has 2 heteroatoms. The molecular formula is C13H26N2. The number of rotatable bonds is 1. The zero-order chi connectivity index (χ0) is 12.2. The Hall–Kier alpha value is -0.790. The van der Waals surface area contributed by atoms with Gasteiger partial charge >= 0.3 is 0 Å². The van der Waals surface area contributed by atoms with Crippen LogP contribution in [0.3, 0.4) is 0 Å². The predicted molar refractivity (Wildman–Crippen MR) is 67.3 cm³/mol. The standard InChI is InChI=1S/C11H20N2.C2H6/c1-8(2)10-9(11(3,4)5)7-12-13(10)6;1-2/h7-8H,1-6H3;1-2H3. The quantitative estimate of drug-likeness (QED) is 0.688. The Kier molecular flexibility index (Phi) is 5.06. The second-order valence-corrected chi connectivity index (χ2v) is 4.97. The molecule has 1 heterocycles. The van der Waals surface area contributed by atoms with Gasteiger partial charge in [0.1, 0.15) is 0 Å². The van der Waals surface area contributed by atoms with Crippen molar-refractivity contribution >= 4 is 0 Å². The molecule has 1 aromatic rings. The summed E-state index contributed by atoms with van der Waals surface area (Å²) in [6.07, 6.45) is 2.00. The summed E-state index contributed by atoms with van der Waals surface area (Å²) >= 11 is 0. The van der Waals surface area contributed by atoms with E-state index in [1.165, 1.54) is 11.3 Å². The molecule has 0 unspecified atom stereocenters. The Balaban J connectivity index is 0.000000921. The van der Waals surface area contributed by atoms with E-state index >= 15 is 0 Å². The van der Waals surface area contributed by atoms with Crippen LogP contribution in [0.1, 0.15) is 65.6 Å². The summed E-state index contributed by atoms with van der Waals surface area (Å²) in [5.41, 5.74) is 2.92. The van der Waals surface area contributed by atoms with E-state index in [2.05, 4.69) is 39.7 Å². The molecule has 0 fully saturated rings. The molecule has 1 aromatic heterocycles. The molecule has 0 atom stereocenters. The molecular weight excluding hydrogens is 184 g/mol. The minimum Gasteiger partial charge on any atom is -0.272 e. The summed E-state index contributed by atoms with van der Waals surface area (Å²) in [6.45, 7) is 15.1. The van der Waals surface area contributed by atoms with Crippen LogP contribution in [-0.2, 0) is 12.5 Å². The van der Waals surface area contributed by atoms with Crippen molar-refractivity contribution in [3.63, 3.8) is 0 Å². The van der Waals surface area contributed by atoms with Crippen molar-refractivity contribution in [2.75, 3.05) is 0 Å². The van der Waals surface area contributed by atoms with Crippen LogP contribution in [0.4, 0.5) is 0 Å². The molecule has 0 radical (unpaired) electrons. The number of hydrogen-bond donors (Lipinski definition) is 0. The Morgan fingerprint density at radius 3 is 1.93 bits per heavy atom. The summed E-state index contributed by atoms with van der Waals surface area (Å²) < 4.78 is 1.99. The van der Waals surface area contributed by atoms with Crippen molar-refractivity contribution in [1.29, 1.82) is 0 Å². The van der Waals surface area contributed by atoms with Gasteiger partial charge in [-0.2, -0.15) is 5.10 Å². The van der Waals surface area contributed by atoms with Gasteiger partial charge in [-0.3, -0.25) is 4.68 Å². The van der Waals surface area contributed by atoms with E-state index in [-0.39, 0.29) is 5.41 Å². The molecule has 2 nitrogen and oxygen atoms in total. The number of aryl methyl sites for hydroxylation is 1. The number of hydrogen-bond acceptors (Lipinski definition) is 1. The van der Waals surface area contributed by atoms with Crippen molar-refractivity contribution in [2.45, 2.75) is 59.8 Å². The van der Waals surface area contributed by atoms with Crippen molar-refractivity contribution in [2.24, 2.45) is 7.05 Å². The molecule has 0 saturated heterocycles. The van der Waals surface area contributed by atoms with Gasteiger partial charge < -0.3 is 0 Å². The van der Waals surface area contributed by atoms with Gasteiger partial charge in [0.25, 0.3) is 0 Å². The molecule has 88 valence electrons. The Labute approximate surface area is 94.7 Å². The molecule has 0 aliphatic heterocycles. The minimum absolute atomic E-state index is 0.202. The highest BCUT2D eigenvalue weighted by molar-refractivity contribution is 5.27. The van der Waals surface area contributed by atoms with Crippen molar-refractivity contribution < 1.29 is 0 Å². The average molecular weight is 210 g/mol. The van der Waals surface area contributed by atoms with Gasteiger partial charge in [-0.25, -0.2) is 0 Å². The normalized spacial score (nSPS) is 11.3. The van der Waals surface area contributed by atoms with Crippen LogP contribution in [-0.4, -0.2) is 9.78 Å². The van der Waals surface area contributed by atoms with Crippen molar-refractivity contribution in [1.82, 2.24) is 9.78 Å². The molecule has 0 aliphatic rings. The minimum atomic E-state index is 0.202. The van der Waals surface area contributed by atoms with Gasteiger partial charge in [0.2, 0.25) is 0 Å². The first-order valence-corrected chi connectivity index (χ1v) is 5.86. The lowest BCUT2D eigenvalue weighted by atomic mass is 9.85. The maximum absolute atomic E-state index is 4.32. The van der Waals surface area contributed by atoms with Crippen molar-refractivity contribution in [3.8, 4) is 0 Å². The first kappa shape index (κ1) is 14.2. The lowest BCUT2D eigenvalue weighted by molar-refractivity contribution is 0.567. The molecule has 0 saturated carbocycles. The third-order valence-corrected chi connectivity index (χ3v) is 2.34. The first-order chi connectivity index (χ1) is 6.84. The first-order valence-electron chi connectivity index (χ1n) is 5.86. The number of nitrogens with zero attached hydrogens (tertiary/aromatic N) is 2. The fourth-order valence-corrected chi connectivity index (χ4v) is 1.71. The highest BCUT2D eigenvalue weighted by atomic mass is 15.3. The van der Waals surface area contributed by atoms with Crippen LogP contribution in [0, 0.1) is 0 Å². The van der Waals surface area contributed by atoms with Gasteiger partial charge in [0.05, 0.1) is 6.20 Å². The molecule has 1 rings (SSSR count). The van der Waals surface area contributed by atoms with Gasteiger partial charge in [-0.1, -0.05) is 48.5 Å². The van der Waals surface area contributed by atoms with Crippen LogP contribution in [0.2, 0.25) is 0 Å². The maximum Gasteiger partial charge on any atom is 0.0530 e. The van der Waals surface area contributed by atoms with Crippen LogP contribution >= 0.6 is 0 Å². The van der Waals surface area contributed by atoms with Gasteiger partial charge in [0.15, 0.2) is 0 Å². The smallest absolute Gasteiger partial charge is 0.0530 e. The molecule has 0 aromatic carbocycles. The van der Waals surface area contributed by atoms with E-state index < -0.39 is 0 Å². The zero-order valence-electron chi connectivity index (χ0n) is 11.5. The largest absolute Gasteiger partial charge is 0.272 e. The molecule has 0 bridgehead atoms. The fourth-order valence-electron chi connectivity index (χ4n) is 1.71. The van der Waals surface area contributed by atoms with Crippen molar-refractivity contribution in [3.05, 3.63) is 17.5 Å². The van der Waals surface area contributed by atoms with Crippen LogP contribution in [0.25, 0.3) is 0 Å². The highest BCUT2D eigenvalue weighted by Gasteiger charge is 2.22. The van der Waals surface area contributed by atoms with Gasteiger partial charge in [-0.15, -0.1) is 0 Å². The van der Waals surface area contributed by atoms with Gasteiger partial charge in [0, 0.05) is 12.7 Å². The highest BCUT2D eigenvalue weighted by Crippen LogP contribution is 2.29. The molecule has 0 N–H and O–H groups in total. The molecule has 0 amide bonds. The van der Waals surface area contributed by atoms with E-state index in [1.54, 1.807) is 0 Å². The third-order valence-electron chi connectivity index (χ3n) is 2.34. The fraction of sp³-hybridized carbons (Fsp3) is 0.769. The lowest BCUT2D eigenvalue weighted by Crippen LogP contribution is -2.14. The monoisotopic (exact) mass is 210 g/mol. The zero-order valence-corrected chi connectivity index (χ0v) is 11.5. The van der Waals surface area contributed by atoms with Gasteiger partial charge in [-0.05, 0) is 16.9 Å². The predicted octanol–water partition coefficient (Wildman–Crippen LogP) is 3.87. The second kappa shape index (κ2) is 5.34. The Morgan fingerprint density at radius 2 is 1.67 bits per heavy atom. The summed E-state index contributed by atoms with van der Waals surface area (Å²) in [6, 6.07) is 0. The molecule has 0 spiro atoms. The lowest BCUT2D eigenvalue weighted by Gasteiger charge is -2.20. The van der Waals surface area contributed by atoms with Crippen LogP contribution in [0.5, 0.6) is 0 Å². The van der Waals surface area contributed by atoms with E-state index in [0.29, 0.717) is 5.92 Å². The van der Waals surface area contributed by atoms with Crippen LogP contribution < -0.4 is 0 Å². The van der Waals surface area contributed by atoms with E-state index in [0.717, 1.165) is 0 Å². The summed E-state index contributed by atoms with van der Waals surface area (Å²) in [5, 5.41) is 4.32. The van der Waals surface area contributed by atoms with E-state index in [1.807, 2.05) is 31.8 Å². The summed E-state index contributed by atoms with van der Waals surface area (Å²) in [7, 11) is 2.02. The van der Waals surface area contributed by atoms with E-state index in [9.17, 15) is 0 Å². The Bertz CT molecular complexity index is 290. The Morgan fingerprint density at radius 1 is 1.20 bits per heavy atom. The number of aromatic nitrogens is 2. The molecule has 0 aliphatic carbocycles. The maximum atomic E-state index is 4.32. The summed E-state index contributed by atoms with van der Waals surface area (Å²) in [5.74, 6) is 0.543. The van der Waals surface area contributed by atoms with E-state index in [4.69, 9.17) is 0 Å². The SMILES string of the molecule is CC.CC(C)c1c(C(C)(C)C)cnn1C.